The molecule has 0 aromatic heterocycles. The van der Waals surface area contributed by atoms with Crippen LogP contribution in [0, 0.1) is 3.57 Å². The number of anilines is 9. The van der Waals surface area contributed by atoms with Gasteiger partial charge in [0.1, 0.15) is 0 Å². The van der Waals surface area contributed by atoms with Gasteiger partial charge in [-0.25, -0.2) is 0 Å². The Kier molecular flexibility index (Phi) is 17.8. The lowest BCUT2D eigenvalue weighted by molar-refractivity contribution is 1.28. The molecule has 3 N–H and O–H groups in total. The lowest BCUT2D eigenvalue weighted by Gasteiger charge is -2.25. The van der Waals surface area contributed by atoms with E-state index in [0.29, 0.717) is 0 Å². The predicted octanol–water partition coefficient (Wildman–Crippen LogP) is 18.7. The molecule has 0 fully saturated rings. The summed E-state index contributed by atoms with van der Waals surface area (Å²) in [5.74, 6) is 0. The highest BCUT2D eigenvalue weighted by molar-refractivity contribution is 14.1. The van der Waals surface area contributed by atoms with Crippen molar-refractivity contribution in [3.05, 3.63) is 279 Å². The highest BCUT2D eigenvalue weighted by Gasteiger charge is 2.11. The lowest BCUT2D eigenvalue weighted by atomic mass is 10.1. The molecular weight excluding hydrogens is 1040 g/mol. The second-order valence-electron chi connectivity index (χ2n) is 14.5. The lowest BCUT2D eigenvalue weighted by Crippen LogP contribution is -2.09. The Balaban J connectivity index is 0.000000142. The second-order valence-corrected chi connectivity index (χ2v) is 17.4. The molecule has 320 valence electrons. The van der Waals surface area contributed by atoms with Crippen LogP contribution < -0.4 is 20.9 Å². The molecule has 0 radical (unpaired) electrons. The van der Waals surface area contributed by atoms with E-state index in [1.54, 1.807) is 0 Å². The van der Waals surface area contributed by atoms with Crippen molar-refractivity contribution in [3.8, 4) is 0 Å². The Morgan fingerprint density at radius 1 is 0.262 bits per heavy atom. The van der Waals surface area contributed by atoms with Gasteiger partial charge in [-0.1, -0.05) is 165 Å². The monoisotopic (exact) mass is 1080 g/mol. The maximum absolute atomic E-state index is 3.51. The Labute approximate surface area is 413 Å². The number of halogens is 3. The van der Waals surface area contributed by atoms with E-state index in [1.807, 2.05) is 109 Å². The summed E-state index contributed by atoms with van der Waals surface area (Å²) in [6.07, 6.45) is 0. The third-order valence-corrected chi connectivity index (χ3v) is 11.9. The number of benzene rings is 10. The highest BCUT2D eigenvalue weighted by Crippen LogP contribution is 2.35. The summed E-state index contributed by atoms with van der Waals surface area (Å²) < 4.78 is 3.57. The molecule has 0 heterocycles. The molecule has 4 nitrogen and oxygen atoms in total. The fraction of sp³-hybridized carbons (Fsp3) is 0. The van der Waals surface area contributed by atoms with Gasteiger partial charge in [-0.15, -0.1) is 0 Å². The number of para-hydroxylation sites is 5. The summed E-state index contributed by atoms with van der Waals surface area (Å²) in [7, 11) is 0. The molecule has 7 heteroatoms. The molecule has 0 aliphatic heterocycles. The first-order valence-corrected chi connectivity index (χ1v) is 23.7. The molecule has 10 aromatic rings. The van der Waals surface area contributed by atoms with Gasteiger partial charge in [0, 0.05) is 63.7 Å². The maximum Gasteiger partial charge on any atom is 0.0463 e. The topological polar surface area (TPSA) is 39.3 Å². The zero-order valence-corrected chi connectivity index (χ0v) is 40.8. The molecule has 10 aromatic carbocycles. The van der Waals surface area contributed by atoms with Gasteiger partial charge < -0.3 is 20.9 Å². The van der Waals surface area contributed by atoms with Gasteiger partial charge in [0.25, 0.3) is 0 Å². The smallest absolute Gasteiger partial charge is 0.0463 e. The first-order valence-electron chi connectivity index (χ1n) is 21.1. The zero-order valence-electron chi connectivity index (χ0n) is 35.5. The Morgan fingerprint density at radius 2 is 0.508 bits per heavy atom. The molecular formula is C58H47Br2IN4. The van der Waals surface area contributed by atoms with Crippen LogP contribution in [0.25, 0.3) is 10.8 Å². The quantitative estimate of drug-likeness (QED) is 0.126. The predicted molar refractivity (Wildman–Crippen MR) is 295 cm³/mol. The molecule has 65 heavy (non-hydrogen) atoms. The standard InChI is InChI=1S/C24H20N2.C18H16N2.C10H6Br2.C6H5I/c1-4-10-20(11-5-1)25-21-16-18-24(19-17-21)26(22-12-6-2-7-13-22)23-14-8-3-9-15-23;1-3-7-15(8-4-1)19-17-11-13-18(14-12-17)20-16-9-5-2-6-10-16;11-9-5-6-10(12)8-4-2-1-3-7(8)9;7-6-4-2-1-3-5-6/h1-19,25H;1-14,19-20H;1-6H;1-5H. The van der Waals surface area contributed by atoms with Crippen LogP contribution in [-0.2, 0) is 0 Å². The van der Waals surface area contributed by atoms with Crippen LogP contribution in [0.5, 0.6) is 0 Å². The summed E-state index contributed by atoms with van der Waals surface area (Å²) in [5, 5.41) is 12.7. The van der Waals surface area contributed by atoms with Crippen molar-refractivity contribution in [1.82, 2.24) is 0 Å². The number of rotatable bonds is 9. The van der Waals surface area contributed by atoms with Gasteiger partial charge in [-0.3, -0.25) is 0 Å². The van der Waals surface area contributed by atoms with Crippen molar-refractivity contribution in [3.63, 3.8) is 0 Å². The highest BCUT2D eigenvalue weighted by atomic mass is 127. The van der Waals surface area contributed by atoms with Crippen LogP contribution in [0.1, 0.15) is 0 Å². The summed E-state index contributed by atoms with van der Waals surface area (Å²) in [4.78, 5) is 2.26. The third-order valence-electron chi connectivity index (χ3n) is 9.78. The SMILES string of the molecule is Brc1ccc(Br)c2ccccc12.Ic1ccccc1.c1ccc(Nc2ccc(N(c3ccccc3)c3ccccc3)cc2)cc1.c1ccc(Nc2ccc(Nc3ccccc3)cc2)cc1. The number of nitrogens with zero attached hydrogens (tertiary/aromatic N) is 1. The van der Waals surface area contributed by atoms with Gasteiger partial charge in [-0.2, -0.15) is 0 Å². The van der Waals surface area contributed by atoms with Crippen molar-refractivity contribution in [2.24, 2.45) is 0 Å². The second kappa shape index (κ2) is 25.0. The van der Waals surface area contributed by atoms with Crippen LogP contribution in [0.4, 0.5) is 51.2 Å². The van der Waals surface area contributed by atoms with Gasteiger partial charge >= 0.3 is 0 Å². The van der Waals surface area contributed by atoms with E-state index in [-0.39, 0.29) is 0 Å². The van der Waals surface area contributed by atoms with E-state index in [4.69, 9.17) is 0 Å². The summed E-state index contributed by atoms with van der Waals surface area (Å²) in [6, 6.07) is 90.8. The third kappa shape index (κ3) is 14.7. The van der Waals surface area contributed by atoms with Crippen molar-refractivity contribution >= 4 is 116 Å². The van der Waals surface area contributed by atoms with Crippen molar-refractivity contribution in [2.45, 2.75) is 0 Å². The molecule has 0 aliphatic carbocycles. The minimum absolute atomic E-state index is 1.07. The zero-order chi connectivity index (χ0) is 44.9. The van der Waals surface area contributed by atoms with Gasteiger partial charge in [0.2, 0.25) is 0 Å². The van der Waals surface area contributed by atoms with Gasteiger partial charge in [0.05, 0.1) is 0 Å². The number of nitrogens with one attached hydrogen (secondary N) is 3. The summed E-state index contributed by atoms with van der Waals surface area (Å²) in [5.41, 5.74) is 9.91. The van der Waals surface area contributed by atoms with Crippen LogP contribution in [-0.4, -0.2) is 0 Å². The average molecular weight is 1090 g/mol. The van der Waals surface area contributed by atoms with Crippen LogP contribution in [0.2, 0.25) is 0 Å². The van der Waals surface area contributed by atoms with Gasteiger partial charge in [-0.05, 0) is 167 Å². The minimum atomic E-state index is 1.07. The molecule has 0 amide bonds. The van der Waals surface area contributed by atoms with E-state index in [1.165, 1.54) is 14.3 Å². The molecule has 0 bridgehead atoms. The van der Waals surface area contributed by atoms with Crippen LogP contribution >= 0.6 is 54.5 Å². The van der Waals surface area contributed by atoms with Crippen LogP contribution in [0.15, 0.2) is 276 Å². The fourth-order valence-corrected chi connectivity index (χ4v) is 8.01. The molecule has 0 unspecified atom stereocenters. The Hall–Kier alpha value is -6.65. The molecule has 0 saturated carbocycles. The fourth-order valence-electron chi connectivity index (χ4n) is 6.64. The minimum Gasteiger partial charge on any atom is -0.356 e. The van der Waals surface area contributed by atoms with Crippen molar-refractivity contribution in [1.29, 1.82) is 0 Å². The largest absolute Gasteiger partial charge is 0.356 e. The number of fused-ring (bicyclic) bond motifs is 1. The molecule has 0 atom stereocenters. The molecule has 0 saturated heterocycles. The molecule has 0 aliphatic rings. The average Bonchev–Trinajstić information content (AvgIpc) is 3.37. The number of hydrogen-bond acceptors (Lipinski definition) is 4. The van der Waals surface area contributed by atoms with E-state index in [2.05, 4.69) is 233 Å². The van der Waals surface area contributed by atoms with Crippen molar-refractivity contribution < 1.29 is 0 Å². The molecule has 10 rings (SSSR count). The van der Waals surface area contributed by atoms with Crippen molar-refractivity contribution in [2.75, 3.05) is 20.9 Å². The molecule has 0 spiro atoms. The summed E-state index contributed by atoms with van der Waals surface area (Å²) in [6.45, 7) is 0. The Morgan fingerprint density at radius 3 is 0.815 bits per heavy atom. The number of hydrogen-bond donors (Lipinski definition) is 3. The Bertz CT molecular complexity index is 2750. The van der Waals surface area contributed by atoms with E-state index < -0.39 is 0 Å². The van der Waals surface area contributed by atoms with Crippen LogP contribution in [0.3, 0.4) is 0 Å². The summed E-state index contributed by atoms with van der Waals surface area (Å²) >= 11 is 9.30. The van der Waals surface area contributed by atoms with E-state index in [0.717, 1.165) is 60.1 Å². The van der Waals surface area contributed by atoms with E-state index >= 15 is 0 Å². The normalized spacial score (nSPS) is 10.1. The maximum atomic E-state index is 3.51. The van der Waals surface area contributed by atoms with E-state index in [9.17, 15) is 0 Å². The first-order chi connectivity index (χ1) is 32.0. The van der Waals surface area contributed by atoms with Gasteiger partial charge in [0.15, 0.2) is 0 Å². The first kappa shape index (κ1) is 46.3.